The predicted octanol–water partition coefficient (Wildman–Crippen LogP) is 0.806. The number of nitrogens with zero attached hydrogens (tertiary/aromatic N) is 3. The van der Waals surface area contributed by atoms with Crippen LogP contribution in [0.1, 0.15) is 12.6 Å². The fraction of sp³-hybridized carbons (Fsp3) is 0.500. The molecule has 0 aliphatic carbocycles. The maximum absolute atomic E-state index is 7.96. The molecule has 0 bridgehead atoms. The Bertz CT molecular complexity index is 407. The van der Waals surface area contributed by atoms with Gasteiger partial charge in [0.1, 0.15) is 5.04 Å². The summed E-state index contributed by atoms with van der Waals surface area (Å²) < 4.78 is 0. The monoisotopic (exact) mass is 252 g/mol. The van der Waals surface area contributed by atoms with E-state index in [2.05, 4.69) is 25.6 Å². The van der Waals surface area contributed by atoms with Gasteiger partial charge in [-0.15, -0.1) is 5.10 Å². The van der Waals surface area contributed by atoms with Gasteiger partial charge in [0.05, 0.1) is 0 Å². The number of nitrogens with one attached hydrogen (secondary N) is 3. The molecule has 7 heteroatoms. The molecule has 1 aliphatic rings. The van der Waals surface area contributed by atoms with E-state index in [1.165, 1.54) is 11.8 Å². The van der Waals surface area contributed by atoms with Crippen molar-refractivity contribution < 1.29 is 0 Å². The molecule has 1 aliphatic heterocycles. The Morgan fingerprint density at radius 2 is 2.18 bits per heavy atom. The molecule has 6 nitrogen and oxygen atoms in total. The first-order valence-electron chi connectivity index (χ1n) is 5.56. The van der Waals surface area contributed by atoms with Crippen LogP contribution in [0.25, 0.3) is 0 Å². The molecule has 92 valence electrons. The zero-order valence-corrected chi connectivity index (χ0v) is 10.5. The number of hydrogen-bond donors (Lipinski definition) is 3. The standard InChI is InChI=1S/C10H16N6S/c1-2-7-17-9(11)8-10(14-15-13-8)16-5-3-12-4-6-16/h2,7,11-12H,3-6H2,1H3,(H,13,14,15)/b7-2-,11-9?. The summed E-state index contributed by atoms with van der Waals surface area (Å²) in [5, 5.41) is 24.4. The van der Waals surface area contributed by atoms with Gasteiger partial charge in [-0.2, -0.15) is 10.3 Å². The zero-order chi connectivity index (χ0) is 12.1. The molecule has 0 unspecified atom stereocenters. The number of anilines is 1. The molecule has 2 rings (SSSR count). The van der Waals surface area contributed by atoms with Gasteiger partial charge in [-0.1, -0.05) is 17.8 Å². The number of allylic oxidation sites excluding steroid dienone is 1. The van der Waals surface area contributed by atoms with Crippen molar-refractivity contribution in [3.05, 3.63) is 17.2 Å². The molecule has 1 aromatic heterocycles. The van der Waals surface area contributed by atoms with E-state index in [1.54, 1.807) is 0 Å². The Balaban J connectivity index is 2.12. The summed E-state index contributed by atoms with van der Waals surface area (Å²) in [6.07, 6.45) is 1.91. The predicted molar refractivity (Wildman–Crippen MR) is 70.7 cm³/mol. The third kappa shape index (κ3) is 2.86. The molecule has 1 fully saturated rings. The summed E-state index contributed by atoms with van der Waals surface area (Å²) in [5.74, 6) is 0.786. The number of aromatic nitrogens is 3. The smallest absolute Gasteiger partial charge is 0.181 e. The second-order valence-corrected chi connectivity index (χ2v) is 4.57. The van der Waals surface area contributed by atoms with Crippen molar-refractivity contribution in [2.24, 2.45) is 0 Å². The van der Waals surface area contributed by atoms with Crippen LogP contribution >= 0.6 is 11.8 Å². The topological polar surface area (TPSA) is 80.7 Å². The quantitative estimate of drug-likeness (QED) is 0.548. The number of piperazine rings is 1. The molecule has 1 saturated heterocycles. The van der Waals surface area contributed by atoms with Gasteiger partial charge in [0.15, 0.2) is 11.5 Å². The van der Waals surface area contributed by atoms with E-state index in [9.17, 15) is 0 Å². The third-order valence-corrected chi connectivity index (χ3v) is 3.32. The Kier molecular flexibility index (Phi) is 4.16. The van der Waals surface area contributed by atoms with Crippen molar-refractivity contribution in [2.75, 3.05) is 31.1 Å². The zero-order valence-electron chi connectivity index (χ0n) is 9.73. The Morgan fingerprint density at radius 3 is 2.88 bits per heavy atom. The lowest BCUT2D eigenvalue weighted by molar-refractivity contribution is 0.584. The van der Waals surface area contributed by atoms with Crippen LogP contribution < -0.4 is 10.2 Å². The average Bonchev–Trinajstić information content (AvgIpc) is 2.86. The highest BCUT2D eigenvalue weighted by Gasteiger charge is 2.20. The van der Waals surface area contributed by atoms with Crippen molar-refractivity contribution in [2.45, 2.75) is 6.92 Å². The highest BCUT2D eigenvalue weighted by Crippen LogP contribution is 2.20. The van der Waals surface area contributed by atoms with Crippen LogP contribution in [0, 0.1) is 5.41 Å². The first-order valence-corrected chi connectivity index (χ1v) is 6.44. The van der Waals surface area contributed by atoms with E-state index in [4.69, 9.17) is 5.41 Å². The van der Waals surface area contributed by atoms with Crippen LogP contribution in [-0.4, -0.2) is 46.6 Å². The molecule has 0 radical (unpaired) electrons. The van der Waals surface area contributed by atoms with E-state index in [0.29, 0.717) is 10.7 Å². The van der Waals surface area contributed by atoms with Gasteiger partial charge in [-0.05, 0) is 12.3 Å². The molecule has 0 atom stereocenters. The second-order valence-electron chi connectivity index (χ2n) is 3.65. The molecular formula is C10H16N6S. The number of aromatic amines is 1. The lowest BCUT2D eigenvalue weighted by atomic mass is 10.3. The fourth-order valence-corrected chi connectivity index (χ4v) is 2.19. The van der Waals surface area contributed by atoms with E-state index < -0.39 is 0 Å². The first-order chi connectivity index (χ1) is 8.33. The maximum atomic E-state index is 7.96. The van der Waals surface area contributed by atoms with Crippen LogP contribution in [0.2, 0.25) is 0 Å². The molecule has 3 N–H and O–H groups in total. The van der Waals surface area contributed by atoms with Crippen LogP contribution in [0.5, 0.6) is 0 Å². The van der Waals surface area contributed by atoms with Crippen LogP contribution in [0.3, 0.4) is 0 Å². The molecule has 17 heavy (non-hydrogen) atoms. The van der Waals surface area contributed by atoms with Gasteiger partial charge in [-0.25, -0.2) is 0 Å². The lowest BCUT2D eigenvalue weighted by Gasteiger charge is -2.27. The third-order valence-electron chi connectivity index (χ3n) is 2.48. The van der Waals surface area contributed by atoms with Crippen LogP contribution in [0.15, 0.2) is 11.5 Å². The lowest BCUT2D eigenvalue weighted by Crippen LogP contribution is -2.44. The van der Waals surface area contributed by atoms with E-state index in [0.717, 1.165) is 32.0 Å². The summed E-state index contributed by atoms with van der Waals surface area (Å²) in [6.45, 7) is 5.63. The van der Waals surface area contributed by atoms with E-state index >= 15 is 0 Å². The van der Waals surface area contributed by atoms with Gasteiger partial charge < -0.3 is 10.2 Å². The van der Waals surface area contributed by atoms with E-state index in [-0.39, 0.29) is 0 Å². The van der Waals surface area contributed by atoms with Crippen molar-refractivity contribution in [3.63, 3.8) is 0 Å². The minimum atomic E-state index is 0.422. The Hall–Kier alpha value is -1.34. The van der Waals surface area contributed by atoms with Crippen molar-refractivity contribution in [1.29, 1.82) is 5.41 Å². The maximum Gasteiger partial charge on any atom is 0.181 e. The number of rotatable bonds is 3. The number of thioether (sulfide) groups is 1. The SMILES string of the molecule is C/C=C\SC(=N)c1n[nH]nc1N1CCNCC1. The normalized spacial score (nSPS) is 16.6. The summed E-state index contributed by atoms with van der Waals surface area (Å²) >= 11 is 1.35. The average molecular weight is 252 g/mol. The molecule has 0 spiro atoms. The summed E-state index contributed by atoms with van der Waals surface area (Å²) in [7, 11) is 0. The largest absolute Gasteiger partial charge is 0.351 e. The summed E-state index contributed by atoms with van der Waals surface area (Å²) in [4.78, 5) is 2.15. The second kappa shape index (κ2) is 5.83. The molecular weight excluding hydrogens is 236 g/mol. The van der Waals surface area contributed by atoms with Gasteiger partial charge in [0, 0.05) is 26.2 Å². The minimum absolute atomic E-state index is 0.422. The van der Waals surface area contributed by atoms with Crippen molar-refractivity contribution >= 4 is 22.6 Å². The molecule has 0 aromatic carbocycles. The highest BCUT2D eigenvalue weighted by molar-refractivity contribution is 8.16. The fourth-order valence-electron chi connectivity index (χ4n) is 1.67. The number of hydrogen-bond acceptors (Lipinski definition) is 6. The summed E-state index contributed by atoms with van der Waals surface area (Å²) in [5.41, 5.74) is 0.634. The molecule has 1 aromatic rings. The first kappa shape index (κ1) is 12.1. The highest BCUT2D eigenvalue weighted by atomic mass is 32.2. The van der Waals surface area contributed by atoms with Gasteiger partial charge in [0.2, 0.25) is 0 Å². The van der Waals surface area contributed by atoms with Gasteiger partial charge in [-0.3, -0.25) is 5.41 Å². The molecule has 0 saturated carbocycles. The van der Waals surface area contributed by atoms with Crippen molar-refractivity contribution in [3.8, 4) is 0 Å². The van der Waals surface area contributed by atoms with Crippen molar-refractivity contribution in [1.82, 2.24) is 20.7 Å². The van der Waals surface area contributed by atoms with Crippen LogP contribution in [0.4, 0.5) is 5.82 Å². The summed E-state index contributed by atoms with van der Waals surface area (Å²) in [6, 6.07) is 0. The van der Waals surface area contributed by atoms with Crippen LogP contribution in [-0.2, 0) is 0 Å². The Morgan fingerprint density at radius 1 is 1.41 bits per heavy atom. The van der Waals surface area contributed by atoms with Gasteiger partial charge in [0.25, 0.3) is 0 Å². The van der Waals surface area contributed by atoms with Gasteiger partial charge >= 0.3 is 0 Å². The van der Waals surface area contributed by atoms with E-state index in [1.807, 2.05) is 18.4 Å². The minimum Gasteiger partial charge on any atom is -0.351 e. The number of H-pyrrole nitrogens is 1. The molecule has 0 amide bonds. The molecule has 2 heterocycles. The Labute approximate surface area is 104 Å².